The number of rotatable bonds is 4. The minimum absolute atomic E-state index is 0.103. The van der Waals surface area contributed by atoms with Crippen LogP contribution in [-0.2, 0) is 0 Å². The SMILES string of the molecule is O=C(O)NCC=Cc1cncc([N+](=O)[O-])c1. The van der Waals surface area contributed by atoms with E-state index in [1.165, 1.54) is 18.3 Å². The van der Waals surface area contributed by atoms with Crippen LogP contribution in [-0.4, -0.2) is 27.7 Å². The minimum atomic E-state index is -1.12. The van der Waals surface area contributed by atoms with E-state index in [0.29, 0.717) is 5.56 Å². The summed E-state index contributed by atoms with van der Waals surface area (Å²) >= 11 is 0. The summed E-state index contributed by atoms with van der Waals surface area (Å²) in [5.41, 5.74) is 0.440. The van der Waals surface area contributed by atoms with Crippen molar-refractivity contribution in [1.82, 2.24) is 10.3 Å². The van der Waals surface area contributed by atoms with Crippen LogP contribution in [0, 0.1) is 10.1 Å². The number of aromatic nitrogens is 1. The van der Waals surface area contributed by atoms with Crippen molar-refractivity contribution in [3.63, 3.8) is 0 Å². The van der Waals surface area contributed by atoms with Gasteiger partial charge in [0.05, 0.1) is 4.92 Å². The minimum Gasteiger partial charge on any atom is -0.465 e. The molecule has 0 spiro atoms. The van der Waals surface area contributed by atoms with Gasteiger partial charge in [0, 0.05) is 18.8 Å². The molecule has 2 N–H and O–H groups in total. The monoisotopic (exact) mass is 223 g/mol. The second-order valence-corrected chi connectivity index (χ2v) is 2.82. The van der Waals surface area contributed by atoms with Crippen LogP contribution in [0.1, 0.15) is 5.56 Å². The number of nitrogens with one attached hydrogen (secondary N) is 1. The summed E-state index contributed by atoms with van der Waals surface area (Å²) in [6, 6.07) is 1.35. The fourth-order valence-corrected chi connectivity index (χ4v) is 0.977. The summed E-state index contributed by atoms with van der Waals surface area (Å²) in [4.78, 5) is 23.7. The average molecular weight is 223 g/mol. The lowest BCUT2D eigenvalue weighted by molar-refractivity contribution is -0.385. The fourth-order valence-electron chi connectivity index (χ4n) is 0.977. The van der Waals surface area contributed by atoms with E-state index in [1.807, 2.05) is 0 Å². The van der Waals surface area contributed by atoms with E-state index in [9.17, 15) is 14.9 Å². The Hall–Kier alpha value is -2.44. The second-order valence-electron chi connectivity index (χ2n) is 2.82. The van der Waals surface area contributed by atoms with Gasteiger partial charge in [-0.05, 0) is 5.56 Å². The molecule has 0 atom stereocenters. The number of amides is 1. The average Bonchev–Trinajstić information content (AvgIpc) is 2.24. The molecular weight excluding hydrogens is 214 g/mol. The normalized spacial score (nSPS) is 10.2. The van der Waals surface area contributed by atoms with Crippen LogP contribution in [0.25, 0.3) is 6.08 Å². The van der Waals surface area contributed by atoms with Crippen molar-refractivity contribution >= 4 is 17.9 Å². The van der Waals surface area contributed by atoms with Crippen molar-refractivity contribution in [3.05, 3.63) is 40.2 Å². The lowest BCUT2D eigenvalue weighted by Gasteiger charge is -1.95. The van der Waals surface area contributed by atoms with Crippen molar-refractivity contribution in [2.75, 3.05) is 6.54 Å². The quantitative estimate of drug-likeness (QED) is 0.590. The Labute approximate surface area is 90.6 Å². The Kier molecular flexibility index (Phi) is 3.96. The van der Waals surface area contributed by atoms with Gasteiger partial charge in [-0.1, -0.05) is 12.2 Å². The molecule has 16 heavy (non-hydrogen) atoms. The Balaban J connectivity index is 2.63. The Morgan fingerprint density at radius 2 is 2.38 bits per heavy atom. The number of pyridine rings is 1. The van der Waals surface area contributed by atoms with Gasteiger partial charge in [-0.2, -0.15) is 0 Å². The van der Waals surface area contributed by atoms with Gasteiger partial charge in [0.2, 0.25) is 0 Å². The molecule has 0 saturated heterocycles. The second kappa shape index (κ2) is 5.44. The third-order valence-electron chi connectivity index (χ3n) is 1.64. The van der Waals surface area contributed by atoms with Crippen molar-refractivity contribution in [2.45, 2.75) is 0 Å². The van der Waals surface area contributed by atoms with Gasteiger partial charge < -0.3 is 10.4 Å². The first-order chi connectivity index (χ1) is 7.59. The molecular formula is C9H9N3O4. The Morgan fingerprint density at radius 3 is 3.00 bits per heavy atom. The molecule has 0 bridgehead atoms. The lowest BCUT2D eigenvalue weighted by atomic mass is 10.2. The van der Waals surface area contributed by atoms with Crippen LogP contribution >= 0.6 is 0 Å². The maximum atomic E-state index is 10.4. The number of carboxylic acid groups (broad SMARTS) is 1. The third kappa shape index (κ3) is 3.74. The Bertz CT molecular complexity index is 431. The highest BCUT2D eigenvalue weighted by atomic mass is 16.6. The van der Waals surface area contributed by atoms with Crippen LogP contribution in [0.5, 0.6) is 0 Å². The summed E-state index contributed by atoms with van der Waals surface area (Å²) in [6.45, 7) is 0.137. The number of carbonyl (C=O) groups is 1. The van der Waals surface area contributed by atoms with Crippen molar-refractivity contribution in [1.29, 1.82) is 0 Å². The van der Waals surface area contributed by atoms with E-state index in [1.54, 1.807) is 6.08 Å². The van der Waals surface area contributed by atoms with Gasteiger partial charge in [0.25, 0.3) is 5.69 Å². The van der Waals surface area contributed by atoms with Crippen molar-refractivity contribution < 1.29 is 14.8 Å². The molecule has 1 heterocycles. The van der Waals surface area contributed by atoms with Gasteiger partial charge in [0.1, 0.15) is 6.20 Å². The van der Waals surface area contributed by atoms with Gasteiger partial charge in [0.15, 0.2) is 0 Å². The number of hydrogen-bond donors (Lipinski definition) is 2. The third-order valence-corrected chi connectivity index (χ3v) is 1.64. The lowest BCUT2D eigenvalue weighted by Crippen LogP contribution is -2.20. The first kappa shape index (κ1) is 11.6. The largest absolute Gasteiger partial charge is 0.465 e. The molecule has 1 amide bonds. The van der Waals surface area contributed by atoms with Crippen LogP contribution in [0.4, 0.5) is 10.5 Å². The molecule has 0 aromatic carbocycles. The van der Waals surface area contributed by atoms with E-state index < -0.39 is 11.0 Å². The van der Waals surface area contributed by atoms with E-state index >= 15 is 0 Å². The van der Waals surface area contributed by atoms with Gasteiger partial charge in [-0.15, -0.1) is 0 Å². The molecule has 84 valence electrons. The first-order valence-electron chi connectivity index (χ1n) is 4.32. The zero-order valence-electron chi connectivity index (χ0n) is 8.16. The Morgan fingerprint density at radius 1 is 1.62 bits per heavy atom. The molecule has 0 fully saturated rings. The topological polar surface area (TPSA) is 105 Å². The maximum absolute atomic E-state index is 10.4. The molecule has 0 aliphatic carbocycles. The van der Waals surface area contributed by atoms with E-state index in [2.05, 4.69) is 10.3 Å². The van der Waals surface area contributed by atoms with Crippen molar-refractivity contribution in [3.8, 4) is 0 Å². The first-order valence-corrected chi connectivity index (χ1v) is 4.32. The van der Waals surface area contributed by atoms with E-state index in [-0.39, 0.29) is 12.2 Å². The molecule has 0 radical (unpaired) electrons. The predicted octanol–water partition coefficient (Wildman–Crippen LogP) is 1.27. The van der Waals surface area contributed by atoms with E-state index in [4.69, 9.17) is 5.11 Å². The molecule has 0 aliphatic heterocycles. The highest BCUT2D eigenvalue weighted by Gasteiger charge is 2.04. The molecule has 7 nitrogen and oxygen atoms in total. The fraction of sp³-hybridized carbons (Fsp3) is 0.111. The standard InChI is InChI=1S/C9H9N3O4/c13-9(14)11-3-1-2-7-4-8(12(15)16)6-10-5-7/h1-2,4-6,11H,3H2,(H,13,14). The molecule has 7 heteroatoms. The summed E-state index contributed by atoms with van der Waals surface area (Å²) in [7, 11) is 0. The number of nitro groups is 1. The smallest absolute Gasteiger partial charge is 0.404 e. The molecule has 0 saturated carbocycles. The summed E-state index contributed by atoms with van der Waals surface area (Å²) in [5.74, 6) is 0. The van der Waals surface area contributed by atoms with Crippen LogP contribution in [0.3, 0.4) is 0 Å². The van der Waals surface area contributed by atoms with Crippen molar-refractivity contribution in [2.24, 2.45) is 0 Å². The highest BCUT2D eigenvalue weighted by Crippen LogP contribution is 2.11. The van der Waals surface area contributed by atoms with Crippen LogP contribution in [0.15, 0.2) is 24.5 Å². The summed E-state index contributed by atoms with van der Waals surface area (Å²) in [5, 5.41) is 20.8. The molecule has 1 aromatic rings. The zero-order chi connectivity index (χ0) is 12.0. The predicted molar refractivity (Wildman–Crippen MR) is 56.0 cm³/mol. The molecule has 0 unspecified atom stereocenters. The molecule has 0 aliphatic rings. The number of hydrogen-bond acceptors (Lipinski definition) is 4. The van der Waals surface area contributed by atoms with Crippen LogP contribution in [0.2, 0.25) is 0 Å². The summed E-state index contributed by atoms with van der Waals surface area (Å²) in [6.07, 6.45) is 4.56. The molecule has 1 rings (SSSR count). The zero-order valence-corrected chi connectivity index (χ0v) is 8.16. The maximum Gasteiger partial charge on any atom is 0.404 e. The van der Waals surface area contributed by atoms with E-state index in [0.717, 1.165) is 6.20 Å². The van der Waals surface area contributed by atoms with Gasteiger partial charge in [-0.25, -0.2) is 4.79 Å². The van der Waals surface area contributed by atoms with Crippen LogP contribution < -0.4 is 5.32 Å². The van der Waals surface area contributed by atoms with Gasteiger partial charge in [-0.3, -0.25) is 15.1 Å². The number of nitrogens with zero attached hydrogens (tertiary/aromatic N) is 2. The molecule has 1 aromatic heterocycles. The highest BCUT2D eigenvalue weighted by molar-refractivity contribution is 5.65. The summed E-state index contributed by atoms with van der Waals surface area (Å²) < 4.78 is 0. The van der Waals surface area contributed by atoms with Gasteiger partial charge >= 0.3 is 6.09 Å².